The molecule has 0 aromatic heterocycles. The highest BCUT2D eigenvalue weighted by Crippen LogP contribution is 2.38. The Hall–Kier alpha value is -2.85. The molecule has 28 heavy (non-hydrogen) atoms. The number of benzene rings is 3. The summed E-state index contributed by atoms with van der Waals surface area (Å²) in [6.45, 7) is 3.24. The lowest BCUT2D eigenvalue weighted by Gasteiger charge is -2.36. The summed E-state index contributed by atoms with van der Waals surface area (Å²) >= 11 is 0. The molecule has 3 aromatic rings. The largest absolute Gasteiger partial charge is 0.496 e. The summed E-state index contributed by atoms with van der Waals surface area (Å²) in [6.07, 6.45) is 1.35. The molecule has 4 heteroatoms. The van der Waals surface area contributed by atoms with Crippen LogP contribution < -0.4 is 10.1 Å². The molecule has 4 nitrogen and oxygen atoms in total. The highest BCUT2D eigenvalue weighted by atomic mass is 16.5. The van der Waals surface area contributed by atoms with Crippen LogP contribution in [-0.4, -0.2) is 26.2 Å². The van der Waals surface area contributed by atoms with Gasteiger partial charge in [0.25, 0.3) is 0 Å². The lowest BCUT2D eigenvalue weighted by atomic mass is 9.73. The number of nitrogens with one attached hydrogen (secondary N) is 1. The first-order valence-electron chi connectivity index (χ1n) is 9.66. The average Bonchev–Trinajstić information content (AvgIpc) is 2.74. The Morgan fingerprint density at radius 3 is 2.46 bits per heavy atom. The quantitative estimate of drug-likeness (QED) is 0.709. The summed E-state index contributed by atoms with van der Waals surface area (Å²) < 4.78 is 11.1. The molecule has 3 aromatic carbocycles. The molecule has 1 aliphatic heterocycles. The first kappa shape index (κ1) is 18.5. The van der Waals surface area contributed by atoms with Gasteiger partial charge in [0.2, 0.25) is 5.91 Å². The number of hydrogen-bond acceptors (Lipinski definition) is 3. The Bertz CT molecular complexity index is 1010. The topological polar surface area (TPSA) is 47.6 Å². The number of fused-ring (bicyclic) bond motifs is 1. The van der Waals surface area contributed by atoms with Crippen molar-refractivity contribution in [3.8, 4) is 5.75 Å². The molecular weight excluding hydrogens is 350 g/mol. The van der Waals surface area contributed by atoms with Crippen molar-refractivity contribution in [2.24, 2.45) is 0 Å². The van der Waals surface area contributed by atoms with Gasteiger partial charge in [0.05, 0.1) is 12.5 Å². The smallest absolute Gasteiger partial charge is 0.235 e. The average molecular weight is 375 g/mol. The van der Waals surface area contributed by atoms with E-state index in [0.29, 0.717) is 26.1 Å². The second-order valence-electron chi connectivity index (χ2n) is 7.38. The molecule has 0 aliphatic carbocycles. The third kappa shape index (κ3) is 3.25. The van der Waals surface area contributed by atoms with E-state index in [0.717, 1.165) is 33.3 Å². The van der Waals surface area contributed by atoms with E-state index in [2.05, 4.69) is 30.4 Å². The van der Waals surface area contributed by atoms with E-state index < -0.39 is 5.41 Å². The van der Waals surface area contributed by atoms with Crippen LogP contribution in [0.4, 0.5) is 5.69 Å². The van der Waals surface area contributed by atoms with Gasteiger partial charge in [-0.05, 0) is 37.5 Å². The summed E-state index contributed by atoms with van der Waals surface area (Å²) in [6, 6.07) is 20.1. The molecule has 144 valence electrons. The molecule has 0 bridgehead atoms. The zero-order valence-electron chi connectivity index (χ0n) is 16.3. The lowest BCUT2D eigenvalue weighted by Crippen LogP contribution is -2.44. The first-order valence-corrected chi connectivity index (χ1v) is 9.66. The fourth-order valence-electron chi connectivity index (χ4n) is 4.11. The normalized spacial score (nSPS) is 15.9. The second-order valence-corrected chi connectivity index (χ2v) is 7.38. The van der Waals surface area contributed by atoms with E-state index in [1.165, 1.54) is 0 Å². The van der Waals surface area contributed by atoms with Crippen molar-refractivity contribution in [3.05, 3.63) is 71.8 Å². The molecule has 1 saturated heterocycles. The first-order chi connectivity index (χ1) is 13.6. The van der Waals surface area contributed by atoms with Crippen LogP contribution >= 0.6 is 0 Å². The third-order valence-corrected chi connectivity index (χ3v) is 5.70. The summed E-state index contributed by atoms with van der Waals surface area (Å²) in [4.78, 5) is 13.6. The Kier molecular flexibility index (Phi) is 5.05. The van der Waals surface area contributed by atoms with Crippen molar-refractivity contribution in [2.75, 3.05) is 25.6 Å². The van der Waals surface area contributed by atoms with Crippen molar-refractivity contribution in [3.63, 3.8) is 0 Å². The monoisotopic (exact) mass is 375 g/mol. The van der Waals surface area contributed by atoms with Crippen molar-refractivity contribution in [2.45, 2.75) is 25.2 Å². The van der Waals surface area contributed by atoms with E-state index in [9.17, 15) is 4.79 Å². The number of ether oxygens (including phenoxy) is 2. The molecule has 1 aliphatic rings. The number of hydrogen-bond donors (Lipinski definition) is 1. The number of anilines is 1. The van der Waals surface area contributed by atoms with E-state index in [1.807, 2.05) is 42.5 Å². The Morgan fingerprint density at radius 1 is 1.00 bits per heavy atom. The van der Waals surface area contributed by atoms with Gasteiger partial charge in [-0.25, -0.2) is 0 Å². The minimum Gasteiger partial charge on any atom is -0.496 e. The maximum absolute atomic E-state index is 13.6. The van der Waals surface area contributed by atoms with Gasteiger partial charge in [-0.1, -0.05) is 54.1 Å². The maximum atomic E-state index is 13.6. The van der Waals surface area contributed by atoms with Gasteiger partial charge in [0, 0.05) is 29.7 Å². The van der Waals surface area contributed by atoms with Crippen LogP contribution in [0.3, 0.4) is 0 Å². The van der Waals surface area contributed by atoms with Crippen LogP contribution in [0.5, 0.6) is 5.75 Å². The van der Waals surface area contributed by atoms with Crippen LogP contribution in [0.2, 0.25) is 0 Å². The van der Waals surface area contributed by atoms with Crippen molar-refractivity contribution >= 4 is 22.4 Å². The fraction of sp³-hybridized carbons (Fsp3) is 0.292. The van der Waals surface area contributed by atoms with Gasteiger partial charge in [-0.15, -0.1) is 0 Å². The summed E-state index contributed by atoms with van der Waals surface area (Å²) in [5, 5.41) is 5.17. The Labute approximate surface area is 165 Å². The van der Waals surface area contributed by atoms with Gasteiger partial charge in [0.15, 0.2) is 0 Å². The van der Waals surface area contributed by atoms with Gasteiger partial charge in [-0.3, -0.25) is 4.79 Å². The molecule has 4 rings (SSSR count). The molecule has 0 unspecified atom stereocenters. The van der Waals surface area contributed by atoms with Crippen molar-refractivity contribution < 1.29 is 14.3 Å². The van der Waals surface area contributed by atoms with Gasteiger partial charge in [0.1, 0.15) is 5.75 Å². The highest BCUT2D eigenvalue weighted by molar-refractivity contribution is 6.07. The SMILES string of the molecule is COc1ccc(NC(=O)C2(c3cccc(C)c3)CCOCC2)c2ccccc12. The zero-order valence-corrected chi connectivity index (χ0v) is 16.3. The van der Waals surface area contributed by atoms with E-state index >= 15 is 0 Å². The number of rotatable bonds is 4. The number of amides is 1. The second kappa shape index (κ2) is 7.64. The van der Waals surface area contributed by atoms with E-state index in [4.69, 9.17) is 9.47 Å². The molecule has 0 radical (unpaired) electrons. The molecule has 1 N–H and O–H groups in total. The highest BCUT2D eigenvalue weighted by Gasteiger charge is 2.42. The molecule has 0 saturated carbocycles. The van der Waals surface area contributed by atoms with Crippen LogP contribution in [0.25, 0.3) is 10.8 Å². The molecule has 1 amide bonds. The minimum atomic E-state index is -0.578. The van der Waals surface area contributed by atoms with Crippen LogP contribution in [0.15, 0.2) is 60.7 Å². The Balaban J connectivity index is 1.74. The fourth-order valence-corrected chi connectivity index (χ4v) is 4.11. The molecule has 1 heterocycles. The molecule has 1 fully saturated rings. The predicted octanol–water partition coefficient (Wildman–Crippen LogP) is 4.84. The van der Waals surface area contributed by atoms with Gasteiger partial charge < -0.3 is 14.8 Å². The lowest BCUT2D eigenvalue weighted by molar-refractivity contribution is -0.125. The van der Waals surface area contributed by atoms with Crippen LogP contribution in [0.1, 0.15) is 24.0 Å². The zero-order chi connectivity index (χ0) is 19.6. The minimum absolute atomic E-state index is 0.0247. The number of carbonyl (C=O) groups excluding carboxylic acids is 1. The number of carbonyl (C=O) groups is 1. The summed E-state index contributed by atoms with van der Waals surface area (Å²) in [5.74, 6) is 0.824. The van der Waals surface area contributed by atoms with Crippen molar-refractivity contribution in [1.82, 2.24) is 0 Å². The van der Waals surface area contributed by atoms with Gasteiger partial charge >= 0.3 is 0 Å². The number of aryl methyl sites for hydroxylation is 1. The third-order valence-electron chi connectivity index (χ3n) is 5.70. The molecular formula is C24H25NO3. The Morgan fingerprint density at radius 2 is 1.75 bits per heavy atom. The summed E-state index contributed by atoms with van der Waals surface area (Å²) in [7, 11) is 1.66. The number of methoxy groups -OCH3 is 1. The molecule has 0 atom stereocenters. The van der Waals surface area contributed by atoms with Crippen LogP contribution in [0, 0.1) is 6.92 Å². The van der Waals surface area contributed by atoms with E-state index in [-0.39, 0.29) is 5.91 Å². The maximum Gasteiger partial charge on any atom is 0.235 e. The summed E-state index contributed by atoms with van der Waals surface area (Å²) in [5.41, 5.74) is 2.45. The van der Waals surface area contributed by atoms with Gasteiger partial charge in [-0.2, -0.15) is 0 Å². The van der Waals surface area contributed by atoms with Crippen LogP contribution in [-0.2, 0) is 14.9 Å². The van der Waals surface area contributed by atoms with E-state index in [1.54, 1.807) is 7.11 Å². The standard InChI is InChI=1S/C24H25NO3/c1-17-6-5-7-18(16-17)24(12-14-28-15-13-24)23(26)25-21-10-11-22(27-2)20-9-4-3-8-19(20)21/h3-11,16H,12-15H2,1-2H3,(H,25,26). The molecule has 0 spiro atoms. The predicted molar refractivity (Wildman–Crippen MR) is 112 cm³/mol. The van der Waals surface area contributed by atoms with Crippen molar-refractivity contribution in [1.29, 1.82) is 0 Å².